The number of nitrogens with zero attached hydrogens (tertiary/aromatic N) is 1. The van der Waals surface area contributed by atoms with Gasteiger partial charge in [-0.15, -0.1) is 11.3 Å². The van der Waals surface area contributed by atoms with Crippen LogP contribution in [0.15, 0.2) is 66.7 Å². The van der Waals surface area contributed by atoms with E-state index in [0.29, 0.717) is 5.69 Å². The zero-order chi connectivity index (χ0) is 20.4. The number of hydrogen-bond acceptors (Lipinski definition) is 4. The topological polar surface area (TPSA) is 54.0 Å². The Bertz CT molecular complexity index is 1220. The molecule has 1 heterocycles. The number of hydrogen-bond donors (Lipinski definition) is 2. The number of thiocarbonyl (C=S) groups is 1. The van der Waals surface area contributed by atoms with Crippen LogP contribution in [0.25, 0.3) is 20.8 Å². The smallest absolute Gasteiger partial charge is 0.260 e. The fourth-order valence-electron chi connectivity index (χ4n) is 2.83. The van der Waals surface area contributed by atoms with Gasteiger partial charge in [0.15, 0.2) is 5.11 Å². The van der Waals surface area contributed by atoms with Crippen molar-refractivity contribution in [2.24, 2.45) is 0 Å². The van der Waals surface area contributed by atoms with E-state index >= 15 is 0 Å². The Morgan fingerprint density at radius 3 is 2.59 bits per heavy atom. The van der Waals surface area contributed by atoms with Crippen molar-refractivity contribution < 1.29 is 9.18 Å². The molecule has 0 saturated carbocycles. The summed E-state index contributed by atoms with van der Waals surface area (Å²) in [7, 11) is 0. The monoisotopic (exact) mass is 421 g/mol. The minimum absolute atomic E-state index is 0.0573. The van der Waals surface area contributed by atoms with E-state index in [1.165, 1.54) is 23.8 Å². The zero-order valence-corrected chi connectivity index (χ0v) is 17.0. The van der Waals surface area contributed by atoms with Gasteiger partial charge in [-0.1, -0.05) is 18.2 Å². The fraction of sp³-hybridized carbons (Fsp3) is 0.0455. The molecule has 0 aliphatic rings. The highest BCUT2D eigenvalue weighted by molar-refractivity contribution is 7.80. The summed E-state index contributed by atoms with van der Waals surface area (Å²) in [4.78, 5) is 16.8. The predicted molar refractivity (Wildman–Crippen MR) is 120 cm³/mol. The minimum Gasteiger partial charge on any atom is -0.332 e. The van der Waals surface area contributed by atoms with E-state index in [9.17, 15) is 9.18 Å². The SMILES string of the molecule is Cc1ccc2nc(-c3ccc(NC(=S)NC(=O)c4ccccc4F)cc3)sc2c1. The maximum absolute atomic E-state index is 13.7. The number of rotatable bonds is 3. The summed E-state index contributed by atoms with van der Waals surface area (Å²) < 4.78 is 14.8. The molecule has 0 aliphatic heterocycles. The number of benzene rings is 3. The van der Waals surface area contributed by atoms with E-state index in [-0.39, 0.29) is 10.7 Å². The molecule has 0 radical (unpaired) electrons. The van der Waals surface area contributed by atoms with Crippen LogP contribution in [0.1, 0.15) is 15.9 Å². The number of anilines is 1. The highest BCUT2D eigenvalue weighted by atomic mass is 32.1. The van der Waals surface area contributed by atoms with E-state index in [4.69, 9.17) is 12.2 Å². The number of aromatic nitrogens is 1. The van der Waals surface area contributed by atoms with Gasteiger partial charge in [-0.2, -0.15) is 0 Å². The highest BCUT2D eigenvalue weighted by Crippen LogP contribution is 2.31. The first-order valence-corrected chi connectivity index (χ1v) is 10.1. The molecule has 4 nitrogen and oxygen atoms in total. The number of carbonyl (C=O) groups is 1. The molecule has 0 spiro atoms. The van der Waals surface area contributed by atoms with E-state index in [1.54, 1.807) is 17.4 Å². The summed E-state index contributed by atoms with van der Waals surface area (Å²) >= 11 is 6.80. The number of thiazole rings is 1. The number of fused-ring (bicyclic) bond motifs is 1. The lowest BCUT2D eigenvalue weighted by Gasteiger charge is -2.10. The minimum atomic E-state index is -0.595. The molecule has 1 amide bonds. The average molecular weight is 422 g/mol. The molecule has 0 atom stereocenters. The Morgan fingerprint density at radius 2 is 1.83 bits per heavy atom. The maximum atomic E-state index is 13.7. The van der Waals surface area contributed by atoms with Gasteiger partial charge in [0.2, 0.25) is 0 Å². The molecule has 144 valence electrons. The normalized spacial score (nSPS) is 10.7. The van der Waals surface area contributed by atoms with Crippen LogP contribution in [0, 0.1) is 12.7 Å². The second kappa shape index (κ2) is 8.06. The van der Waals surface area contributed by atoms with Gasteiger partial charge >= 0.3 is 0 Å². The van der Waals surface area contributed by atoms with Gasteiger partial charge in [-0.3, -0.25) is 10.1 Å². The third-order valence-corrected chi connectivity index (χ3v) is 5.55. The van der Waals surface area contributed by atoms with Crippen LogP contribution in [0.2, 0.25) is 0 Å². The van der Waals surface area contributed by atoms with Gasteiger partial charge < -0.3 is 5.32 Å². The Morgan fingerprint density at radius 1 is 1.07 bits per heavy atom. The van der Waals surface area contributed by atoms with Crippen LogP contribution >= 0.6 is 23.6 Å². The zero-order valence-electron chi connectivity index (χ0n) is 15.4. The molecule has 29 heavy (non-hydrogen) atoms. The van der Waals surface area contributed by atoms with Crippen LogP contribution in [0.3, 0.4) is 0 Å². The number of halogens is 1. The van der Waals surface area contributed by atoms with Gasteiger partial charge in [0.25, 0.3) is 5.91 Å². The van der Waals surface area contributed by atoms with Gasteiger partial charge in [0.1, 0.15) is 10.8 Å². The third-order valence-electron chi connectivity index (χ3n) is 4.28. The molecule has 0 aliphatic carbocycles. The molecule has 3 aromatic carbocycles. The first-order valence-electron chi connectivity index (χ1n) is 8.84. The standard InChI is InChI=1S/C22H16FN3OS2/c1-13-6-11-18-19(12-13)29-21(25-18)14-7-9-15(10-8-14)24-22(28)26-20(27)16-4-2-3-5-17(16)23/h2-12H,1H3,(H2,24,26,27,28). The van der Waals surface area contributed by atoms with Crippen molar-refractivity contribution >= 4 is 50.5 Å². The molecule has 0 unspecified atom stereocenters. The summed E-state index contributed by atoms with van der Waals surface area (Å²) in [5.74, 6) is -1.19. The third kappa shape index (κ3) is 4.31. The molecular weight excluding hydrogens is 405 g/mol. The van der Waals surface area contributed by atoms with E-state index in [0.717, 1.165) is 20.8 Å². The molecule has 2 N–H and O–H groups in total. The average Bonchev–Trinajstić information content (AvgIpc) is 3.12. The van der Waals surface area contributed by atoms with Crippen LogP contribution in [0.5, 0.6) is 0 Å². The lowest BCUT2D eigenvalue weighted by atomic mass is 10.2. The van der Waals surface area contributed by atoms with Crippen LogP contribution in [0.4, 0.5) is 10.1 Å². The molecule has 4 rings (SSSR count). The van der Waals surface area contributed by atoms with Crippen LogP contribution in [-0.2, 0) is 0 Å². The molecule has 0 fully saturated rings. The lowest BCUT2D eigenvalue weighted by molar-refractivity contribution is 0.0974. The van der Waals surface area contributed by atoms with Crippen molar-refractivity contribution in [3.8, 4) is 10.6 Å². The van der Waals surface area contributed by atoms with Crippen LogP contribution in [-0.4, -0.2) is 16.0 Å². The van der Waals surface area contributed by atoms with Gasteiger partial charge in [0.05, 0.1) is 15.8 Å². The molecule has 0 bridgehead atoms. The van der Waals surface area contributed by atoms with Crippen LogP contribution < -0.4 is 10.6 Å². The second-order valence-corrected chi connectivity index (χ2v) is 7.89. The first-order chi connectivity index (χ1) is 14.0. The van der Waals surface area contributed by atoms with Crippen molar-refractivity contribution in [3.05, 3.63) is 83.7 Å². The Hall–Kier alpha value is -3.16. The number of carbonyl (C=O) groups excluding carboxylic acids is 1. The Labute approximate surface area is 176 Å². The quantitative estimate of drug-likeness (QED) is 0.427. The lowest BCUT2D eigenvalue weighted by Crippen LogP contribution is -2.34. The van der Waals surface area contributed by atoms with Crippen molar-refractivity contribution in [1.29, 1.82) is 0 Å². The van der Waals surface area contributed by atoms with Crippen molar-refractivity contribution in [2.75, 3.05) is 5.32 Å². The second-order valence-electron chi connectivity index (χ2n) is 6.46. The van der Waals surface area contributed by atoms with E-state index < -0.39 is 11.7 Å². The summed E-state index contributed by atoms with van der Waals surface area (Å²) in [5.41, 5.74) is 3.84. The van der Waals surface area contributed by atoms with Gasteiger partial charge in [-0.05, 0) is 73.2 Å². The van der Waals surface area contributed by atoms with Crippen molar-refractivity contribution in [2.45, 2.75) is 6.92 Å². The molecule has 1 aromatic heterocycles. The summed E-state index contributed by atoms with van der Waals surface area (Å²) in [6.07, 6.45) is 0. The summed E-state index contributed by atoms with van der Waals surface area (Å²) in [6, 6.07) is 19.5. The molecule has 0 saturated heterocycles. The molecular formula is C22H16FN3OS2. The van der Waals surface area contributed by atoms with E-state index in [2.05, 4.69) is 34.7 Å². The Balaban J connectivity index is 1.44. The summed E-state index contributed by atoms with van der Waals surface area (Å²) in [5, 5.41) is 6.46. The largest absolute Gasteiger partial charge is 0.332 e. The van der Waals surface area contributed by atoms with Crippen molar-refractivity contribution in [3.63, 3.8) is 0 Å². The molecule has 4 aromatic rings. The fourth-order valence-corrected chi connectivity index (χ4v) is 4.11. The maximum Gasteiger partial charge on any atom is 0.260 e. The predicted octanol–water partition coefficient (Wildman–Crippen LogP) is 5.54. The summed E-state index contributed by atoms with van der Waals surface area (Å²) in [6.45, 7) is 2.06. The number of nitrogens with one attached hydrogen (secondary N) is 2. The highest BCUT2D eigenvalue weighted by Gasteiger charge is 2.12. The van der Waals surface area contributed by atoms with Crippen molar-refractivity contribution in [1.82, 2.24) is 10.3 Å². The van der Waals surface area contributed by atoms with Gasteiger partial charge in [0, 0.05) is 11.3 Å². The molecule has 7 heteroatoms. The first kappa shape index (κ1) is 19.2. The van der Waals surface area contributed by atoms with E-state index in [1.807, 2.05) is 30.3 Å². The number of amides is 1. The Kier molecular flexibility index (Phi) is 5.33. The number of aryl methyl sites for hydroxylation is 1. The van der Waals surface area contributed by atoms with Gasteiger partial charge in [-0.25, -0.2) is 9.37 Å².